The Labute approximate surface area is 96.8 Å². The number of nitrogens with one attached hydrogen (secondary N) is 1. The van der Waals surface area contributed by atoms with Crippen LogP contribution in [0, 0.1) is 18.3 Å². The SMILES string of the molecule is Cc1cc(OC(F)F)ccc1NC(=O)CC#N. The van der Waals surface area contributed by atoms with Gasteiger partial charge in [0.25, 0.3) is 0 Å². The maximum absolute atomic E-state index is 11.9. The molecule has 0 aliphatic carbocycles. The average Bonchev–Trinajstić information content (AvgIpc) is 2.21. The highest BCUT2D eigenvalue weighted by molar-refractivity contribution is 5.92. The average molecular weight is 240 g/mol. The Morgan fingerprint density at radius 3 is 2.82 bits per heavy atom. The molecule has 0 atom stereocenters. The third-order valence-corrected chi connectivity index (χ3v) is 1.94. The van der Waals surface area contributed by atoms with Gasteiger partial charge in [-0.1, -0.05) is 0 Å². The van der Waals surface area contributed by atoms with Gasteiger partial charge in [0.1, 0.15) is 12.2 Å². The zero-order valence-corrected chi connectivity index (χ0v) is 9.04. The van der Waals surface area contributed by atoms with Crippen molar-refractivity contribution in [3.63, 3.8) is 0 Å². The van der Waals surface area contributed by atoms with Crippen LogP contribution in [0.2, 0.25) is 0 Å². The zero-order valence-electron chi connectivity index (χ0n) is 9.04. The van der Waals surface area contributed by atoms with E-state index >= 15 is 0 Å². The van der Waals surface area contributed by atoms with E-state index in [2.05, 4.69) is 10.1 Å². The first-order chi connectivity index (χ1) is 8.02. The second-order valence-corrected chi connectivity index (χ2v) is 3.24. The van der Waals surface area contributed by atoms with Crippen LogP contribution in [0.4, 0.5) is 14.5 Å². The Morgan fingerprint density at radius 1 is 1.59 bits per heavy atom. The van der Waals surface area contributed by atoms with Crippen LogP contribution >= 0.6 is 0 Å². The number of carbonyl (C=O) groups excluding carboxylic acids is 1. The highest BCUT2D eigenvalue weighted by Gasteiger charge is 2.08. The lowest BCUT2D eigenvalue weighted by Crippen LogP contribution is -2.11. The number of nitriles is 1. The maximum atomic E-state index is 11.9. The lowest BCUT2D eigenvalue weighted by atomic mass is 10.2. The van der Waals surface area contributed by atoms with Crippen molar-refractivity contribution in [3.05, 3.63) is 23.8 Å². The number of aryl methyl sites for hydroxylation is 1. The van der Waals surface area contributed by atoms with Gasteiger partial charge in [0.2, 0.25) is 5.91 Å². The normalized spacial score (nSPS) is 9.82. The fraction of sp³-hybridized carbons (Fsp3) is 0.273. The Morgan fingerprint density at radius 2 is 2.29 bits per heavy atom. The summed E-state index contributed by atoms with van der Waals surface area (Å²) in [4.78, 5) is 11.1. The molecule has 0 saturated carbocycles. The molecule has 0 fully saturated rings. The second-order valence-electron chi connectivity index (χ2n) is 3.24. The highest BCUT2D eigenvalue weighted by atomic mass is 19.3. The van der Waals surface area contributed by atoms with Crippen molar-refractivity contribution in [2.75, 3.05) is 5.32 Å². The van der Waals surface area contributed by atoms with Crippen molar-refractivity contribution in [1.29, 1.82) is 5.26 Å². The summed E-state index contributed by atoms with van der Waals surface area (Å²) < 4.78 is 28.1. The standard InChI is InChI=1S/C11H10F2N2O2/c1-7-6-8(17-11(12)13)2-3-9(7)15-10(16)4-5-14/h2-3,6,11H,4H2,1H3,(H,15,16). The van der Waals surface area contributed by atoms with Crippen LogP contribution in [0.15, 0.2) is 18.2 Å². The molecule has 0 spiro atoms. The van der Waals surface area contributed by atoms with Gasteiger partial charge in [-0.3, -0.25) is 4.79 Å². The Bertz CT molecular complexity index is 455. The van der Waals surface area contributed by atoms with Crippen molar-refractivity contribution in [1.82, 2.24) is 0 Å². The second kappa shape index (κ2) is 5.80. The number of nitrogens with zero attached hydrogens (tertiary/aromatic N) is 1. The molecule has 0 heterocycles. The van der Waals surface area contributed by atoms with Crippen LogP contribution < -0.4 is 10.1 Å². The molecule has 0 aromatic heterocycles. The van der Waals surface area contributed by atoms with E-state index in [0.717, 1.165) is 0 Å². The van der Waals surface area contributed by atoms with Crippen LogP contribution in [0.3, 0.4) is 0 Å². The van der Waals surface area contributed by atoms with E-state index < -0.39 is 12.5 Å². The minimum atomic E-state index is -2.88. The monoisotopic (exact) mass is 240 g/mol. The lowest BCUT2D eigenvalue weighted by Gasteiger charge is -2.09. The number of amides is 1. The summed E-state index contributed by atoms with van der Waals surface area (Å²) in [6, 6.07) is 5.86. The zero-order chi connectivity index (χ0) is 12.8. The predicted molar refractivity (Wildman–Crippen MR) is 56.7 cm³/mol. The van der Waals surface area contributed by atoms with E-state index in [9.17, 15) is 13.6 Å². The van der Waals surface area contributed by atoms with Crippen LogP contribution in [0.5, 0.6) is 5.75 Å². The molecule has 17 heavy (non-hydrogen) atoms. The van der Waals surface area contributed by atoms with Gasteiger partial charge < -0.3 is 10.1 Å². The van der Waals surface area contributed by atoms with E-state index in [4.69, 9.17) is 5.26 Å². The Hall–Kier alpha value is -2.16. The van der Waals surface area contributed by atoms with Crippen molar-refractivity contribution in [2.45, 2.75) is 20.0 Å². The molecule has 4 nitrogen and oxygen atoms in total. The van der Waals surface area contributed by atoms with Gasteiger partial charge in [-0.2, -0.15) is 14.0 Å². The fourth-order valence-electron chi connectivity index (χ4n) is 1.22. The van der Waals surface area contributed by atoms with E-state index in [1.807, 2.05) is 0 Å². The summed E-state index contributed by atoms with van der Waals surface area (Å²) in [5, 5.41) is 10.8. The van der Waals surface area contributed by atoms with Gasteiger partial charge in [0, 0.05) is 5.69 Å². The van der Waals surface area contributed by atoms with Crippen LogP contribution in [0.25, 0.3) is 0 Å². The highest BCUT2D eigenvalue weighted by Crippen LogP contribution is 2.22. The molecule has 1 amide bonds. The van der Waals surface area contributed by atoms with E-state index in [1.165, 1.54) is 18.2 Å². The summed E-state index contributed by atoms with van der Waals surface area (Å²) >= 11 is 0. The number of carbonyl (C=O) groups is 1. The number of halogens is 2. The van der Waals surface area contributed by atoms with Crippen LogP contribution in [-0.2, 0) is 4.79 Å². The van der Waals surface area contributed by atoms with E-state index in [-0.39, 0.29) is 12.2 Å². The number of hydrogen-bond donors (Lipinski definition) is 1. The van der Waals surface area contributed by atoms with Crippen molar-refractivity contribution in [2.24, 2.45) is 0 Å². The predicted octanol–water partition coefficient (Wildman–Crippen LogP) is 2.45. The van der Waals surface area contributed by atoms with Gasteiger partial charge in [0.15, 0.2) is 0 Å². The third kappa shape index (κ3) is 4.07. The first kappa shape index (κ1) is 12.9. The molecule has 0 unspecified atom stereocenters. The largest absolute Gasteiger partial charge is 0.435 e. The smallest absolute Gasteiger partial charge is 0.387 e. The molecule has 1 rings (SSSR count). The molecule has 1 aromatic carbocycles. The van der Waals surface area contributed by atoms with Crippen LogP contribution in [0.1, 0.15) is 12.0 Å². The van der Waals surface area contributed by atoms with Crippen LogP contribution in [-0.4, -0.2) is 12.5 Å². The molecule has 90 valence electrons. The molecule has 0 aliphatic rings. The van der Waals surface area contributed by atoms with Gasteiger partial charge in [0.05, 0.1) is 6.07 Å². The molecule has 1 N–H and O–H groups in total. The molecule has 0 bridgehead atoms. The van der Waals surface area contributed by atoms with Gasteiger partial charge in [-0.05, 0) is 30.7 Å². The van der Waals surface area contributed by atoms with Crippen molar-refractivity contribution < 1.29 is 18.3 Å². The third-order valence-electron chi connectivity index (χ3n) is 1.94. The number of benzene rings is 1. The number of ether oxygens (including phenoxy) is 1. The number of rotatable bonds is 4. The maximum Gasteiger partial charge on any atom is 0.387 e. The molecule has 0 aliphatic heterocycles. The Balaban J connectivity index is 2.76. The van der Waals surface area contributed by atoms with Crippen molar-refractivity contribution >= 4 is 11.6 Å². The van der Waals surface area contributed by atoms with Crippen molar-refractivity contribution in [3.8, 4) is 11.8 Å². The first-order valence-electron chi connectivity index (χ1n) is 4.75. The molecule has 0 saturated heterocycles. The summed E-state index contributed by atoms with van der Waals surface area (Å²) in [6.07, 6.45) is -0.255. The molecule has 1 aromatic rings. The Kier molecular flexibility index (Phi) is 4.40. The topological polar surface area (TPSA) is 62.1 Å². The van der Waals surface area contributed by atoms with Gasteiger partial charge in [-0.15, -0.1) is 0 Å². The quantitative estimate of drug-likeness (QED) is 0.879. The van der Waals surface area contributed by atoms with Gasteiger partial charge >= 0.3 is 6.61 Å². The summed E-state index contributed by atoms with van der Waals surface area (Å²) in [5.41, 5.74) is 1.04. The van der Waals surface area contributed by atoms with E-state index in [0.29, 0.717) is 11.3 Å². The number of hydrogen-bond acceptors (Lipinski definition) is 3. The first-order valence-corrected chi connectivity index (χ1v) is 4.75. The lowest BCUT2D eigenvalue weighted by molar-refractivity contribution is -0.115. The van der Waals surface area contributed by atoms with Gasteiger partial charge in [-0.25, -0.2) is 0 Å². The number of alkyl halides is 2. The number of anilines is 1. The molecular weight excluding hydrogens is 230 g/mol. The molecule has 6 heteroatoms. The minimum Gasteiger partial charge on any atom is -0.435 e. The molecule has 0 radical (unpaired) electrons. The minimum absolute atomic E-state index is 0.0239. The fourth-order valence-corrected chi connectivity index (χ4v) is 1.22. The summed E-state index contributed by atoms with van der Waals surface area (Å²) in [7, 11) is 0. The molecular formula is C11H10F2N2O2. The summed E-state index contributed by atoms with van der Waals surface area (Å²) in [5.74, 6) is -0.422. The summed E-state index contributed by atoms with van der Waals surface area (Å²) in [6.45, 7) is -1.24. The van der Waals surface area contributed by atoms with E-state index in [1.54, 1.807) is 13.0 Å².